The minimum atomic E-state index is -0.586. The van der Waals surface area contributed by atoms with Gasteiger partial charge in [0, 0.05) is 24.3 Å². The maximum atomic E-state index is 12.2. The topological polar surface area (TPSA) is 106 Å². The van der Waals surface area contributed by atoms with Crippen LogP contribution in [0.1, 0.15) is 32.8 Å². The van der Waals surface area contributed by atoms with Crippen LogP contribution in [-0.4, -0.2) is 37.2 Å². The highest BCUT2D eigenvalue weighted by Gasteiger charge is 2.16. The molecule has 0 heterocycles. The Morgan fingerprint density at radius 2 is 1.52 bits per heavy atom. The Bertz CT molecular complexity index is 904. The van der Waals surface area contributed by atoms with Crippen LogP contribution in [0, 0.1) is 0 Å². The molecule has 166 valence electrons. The van der Waals surface area contributed by atoms with Crippen LogP contribution in [0.2, 0.25) is 0 Å². The molecule has 2 aromatic carbocycles. The largest absolute Gasteiger partial charge is 0.497 e. The summed E-state index contributed by atoms with van der Waals surface area (Å²) >= 11 is 0. The van der Waals surface area contributed by atoms with Crippen LogP contribution in [0.4, 0.5) is 16.2 Å². The van der Waals surface area contributed by atoms with Crippen molar-refractivity contribution < 1.29 is 23.9 Å². The zero-order chi connectivity index (χ0) is 22.9. The second kappa shape index (κ2) is 11.0. The van der Waals surface area contributed by atoms with E-state index in [1.807, 2.05) is 24.3 Å². The number of ether oxygens (including phenoxy) is 2. The first kappa shape index (κ1) is 23.7. The number of rotatable bonds is 8. The van der Waals surface area contributed by atoms with E-state index in [4.69, 9.17) is 9.47 Å². The van der Waals surface area contributed by atoms with Crippen molar-refractivity contribution in [2.24, 2.45) is 0 Å². The quantitative estimate of drug-likeness (QED) is 0.595. The van der Waals surface area contributed by atoms with Crippen molar-refractivity contribution in [3.8, 4) is 5.75 Å². The average molecular weight is 428 g/mol. The number of nitrogens with one attached hydrogen (secondary N) is 3. The molecule has 3 N–H and O–H groups in total. The second-order valence-electron chi connectivity index (χ2n) is 7.88. The van der Waals surface area contributed by atoms with Crippen molar-refractivity contribution in [2.75, 3.05) is 24.3 Å². The third-order valence-corrected chi connectivity index (χ3v) is 3.97. The lowest BCUT2D eigenvalue weighted by molar-refractivity contribution is -0.116. The number of hydrogen-bond donors (Lipinski definition) is 3. The SMILES string of the molecule is COc1cccc(CC(=O)Nc2ccc(NC(=O)CCNC(=O)OC(C)(C)C)cc2)c1. The molecule has 2 rings (SSSR count). The van der Waals surface area contributed by atoms with Crippen LogP contribution < -0.4 is 20.7 Å². The summed E-state index contributed by atoms with van der Waals surface area (Å²) in [6.45, 7) is 5.47. The molecule has 3 amide bonds. The lowest BCUT2D eigenvalue weighted by Gasteiger charge is -2.19. The lowest BCUT2D eigenvalue weighted by atomic mass is 10.1. The summed E-state index contributed by atoms with van der Waals surface area (Å²) < 4.78 is 10.3. The molecule has 2 aromatic rings. The summed E-state index contributed by atoms with van der Waals surface area (Å²) in [6.07, 6.45) is -0.229. The highest BCUT2D eigenvalue weighted by Crippen LogP contribution is 2.16. The van der Waals surface area contributed by atoms with E-state index in [1.54, 1.807) is 52.1 Å². The van der Waals surface area contributed by atoms with Gasteiger partial charge in [0.1, 0.15) is 11.4 Å². The van der Waals surface area contributed by atoms with Crippen LogP contribution >= 0.6 is 0 Å². The van der Waals surface area contributed by atoms with Crippen molar-refractivity contribution in [2.45, 2.75) is 39.2 Å². The van der Waals surface area contributed by atoms with Crippen LogP contribution in [0.3, 0.4) is 0 Å². The van der Waals surface area contributed by atoms with Crippen LogP contribution in [-0.2, 0) is 20.7 Å². The zero-order valence-corrected chi connectivity index (χ0v) is 18.3. The predicted molar refractivity (Wildman–Crippen MR) is 119 cm³/mol. The average Bonchev–Trinajstić information content (AvgIpc) is 2.68. The van der Waals surface area contributed by atoms with Gasteiger partial charge in [-0.2, -0.15) is 0 Å². The summed E-state index contributed by atoms with van der Waals surface area (Å²) in [5, 5.41) is 8.10. The van der Waals surface area contributed by atoms with Gasteiger partial charge >= 0.3 is 6.09 Å². The van der Waals surface area contributed by atoms with E-state index in [-0.39, 0.29) is 31.2 Å². The Balaban J connectivity index is 1.76. The first-order valence-electron chi connectivity index (χ1n) is 9.94. The number of carbonyl (C=O) groups is 3. The highest BCUT2D eigenvalue weighted by molar-refractivity contribution is 5.94. The fourth-order valence-electron chi connectivity index (χ4n) is 2.63. The minimum Gasteiger partial charge on any atom is -0.497 e. The first-order valence-corrected chi connectivity index (χ1v) is 9.94. The Kier molecular flexibility index (Phi) is 8.43. The molecule has 0 unspecified atom stereocenters. The van der Waals surface area contributed by atoms with E-state index in [0.717, 1.165) is 5.56 Å². The number of anilines is 2. The lowest BCUT2D eigenvalue weighted by Crippen LogP contribution is -2.34. The fraction of sp³-hybridized carbons (Fsp3) is 0.348. The molecule has 0 saturated heterocycles. The van der Waals surface area contributed by atoms with E-state index in [9.17, 15) is 14.4 Å². The molecular weight excluding hydrogens is 398 g/mol. The number of methoxy groups -OCH3 is 1. The van der Waals surface area contributed by atoms with Crippen LogP contribution in [0.25, 0.3) is 0 Å². The van der Waals surface area contributed by atoms with Gasteiger partial charge < -0.3 is 25.4 Å². The van der Waals surface area contributed by atoms with Crippen molar-refractivity contribution in [3.63, 3.8) is 0 Å². The van der Waals surface area contributed by atoms with Gasteiger partial charge in [-0.05, 0) is 62.7 Å². The van der Waals surface area contributed by atoms with E-state index < -0.39 is 11.7 Å². The molecular formula is C23H29N3O5. The van der Waals surface area contributed by atoms with Crippen LogP contribution in [0.5, 0.6) is 5.75 Å². The van der Waals surface area contributed by atoms with Gasteiger partial charge in [-0.25, -0.2) is 4.79 Å². The van der Waals surface area contributed by atoms with E-state index in [2.05, 4.69) is 16.0 Å². The summed E-state index contributed by atoms with van der Waals surface area (Å²) in [4.78, 5) is 35.8. The number of carbonyl (C=O) groups excluding carboxylic acids is 3. The van der Waals surface area contributed by atoms with Crippen molar-refractivity contribution in [1.29, 1.82) is 0 Å². The standard InChI is InChI=1S/C23H29N3O5/c1-23(2,3)31-22(29)24-13-12-20(27)25-17-8-10-18(11-9-17)26-21(28)15-16-6-5-7-19(14-16)30-4/h5-11,14H,12-13,15H2,1-4H3,(H,24,29)(H,25,27)(H,26,28). The third kappa shape index (κ3) is 9.20. The molecule has 0 aliphatic rings. The molecule has 0 fully saturated rings. The summed E-state index contributed by atoms with van der Waals surface area (Å²) in [7, 11) is 1.58. The molecule has 0 atom stereocenters. The van der Waals surface area contributed by atoms with Crippen LogP contribution in [0.15, 0.2) is 48.5 Å². The van der Waals surface area contributed by atoms with Crippen molar-refractivity contribution in [1.82, 2.24) is 5.32 Å². The molecule has 0 radical (unpaired) electrons. The predicted octanol–water partition coefficient (Wildman–Crippen LogP) is 3.73. The van der Waals surface area contributed by atoms with Gasteiger partial charge in [0.15, 0.2) is 0 Å². The fourth-order valence-corrected chi connectivity index (χ4v) is 2.63. The Labute approximate surface area is 182 Å². The molecule has 8 nitrogen and oxygen atoms in total. The van der Waals surface area contributed by atoms with Gasteiger partial charge in [0.05, 0.1) is 13.5 Å². The zero-order valence-electron chi connectivity index (χ0n) is 18.3. The number of benzene rings is 2. The smallest absolute Gasteiger partial charge is 0.407 e. The van der Waals surface area contributed by atoms with Gasteiger partial charge in [-0.1, -0.05) is 12.1 Å². The summed E-state index contributed by atoms with van der Waals surface area (Å²) in [5.41, 5.74) is 1.48. The molecule has 8 heteroatoms. The molecule has 0 aliphatic heterocycles. The molecule has 0 aliphatic carbocycles. The Morgan fingerprint density at radius 1 is 0.903 bits per heavy atom. The van der Waals surface area contributed by atoms with E-state index >= 15 is 0 Å². The molecule has 0 saturated carbocycles. The minimum absolute atomic E-state index is 0.109. The number of hydrogen-bond acceptors (Lipinski definition) is 5. The van der Waals surface area contributed by atoms with Gasteiger partial charge in [0.25, 0.3) is 0 Å². The van der Waals surface area contributed by atoms with Crippen molar-refractivity contribution >= 4 is 29.3 Å². The summed E-state index contributed by atoms with van der Waals surface area (Å²) in [5.74, 6) is 0.302. The highest BCUT2D eigenvalue weighted by atomic mass is 16.6. The Morgan fingerprint density at radius 3 is 2.10 bits per heavy atom. The number of amides is 3. The van der Waals surface area contributed by atoms with Gasteiger partial charge in [-0.15, -0.1) is 0 Å². The maximum Gasteiger partial charge on any atom is 0.407 e. The molecule has 0 aromatic heterocycles. The molecule has 0 spiro atoms. The molecule has 31 heavy (non-hydrogen) atoms. The maximum absolute atomic E-state index is 12.2. The van der Waals surface area contributed by atoms with E-state index in [0.29, 0.717) is 17.1 Å². The first-order chi connectivity index (χ1) is 14.6. The molecule has 0 bridgehead atoms. The van der Waals surface area contributed by atoms with E-state index in [1.165, 1.54) is 0 Å². The van der Waals surface area contributed by atoms with Crippen molar-refractivity contribution in [3.05, 3.63) is 54.1 Å². The summed E-state index contributed by atoms with van der Waals surface area (Å²) in [6, 6.07) is 14.1. The monoisotopic (exact) mass is 427 g/mol. The number of alkyl carbamates (subject to hydrolysis) is 1. The normalized spacial score (nSPS) is 10.7. The second-order valence-corrected chi connectivity index (χ2v) is 7.88. The third-order valence-electron chi connectivity index (χ3n) is 3.97. The Hall–Kier alpha value is -3.55. The van der Waals surface area contributed by atoms with Gasteiger partial charge in [0.2, 0.25) is 11.8 Å². The van der Waals surface area contributed by atoms with Gasteiger partial charge in [-0.3, -0.25) is 9.59 Å².